The first-order valence-electron chi connectivity index (χ1n) is 8.59. The second-order valence-electron chi connectivity index (χ2n) is 8.11. The van der Waals surface area contributed by atoms with Gasteiger partial charge in [0.15, 0.2) is 5.78 Å². The van der Waals surface area contributed by atoms with Crippen molar-refractivity contribution in [1.82, 2.24) is 0 Å². The minimum atomic E-state index is 0.0306. The molecule has 114 valence electrons. The van der Waals surface area contributed by atoms with Gasteiger partial charge >= 0.3 is 0 Å². The third kappa shape index (κ3) is 1.64. The van der Waals surface area contributed by atoms with Gasteiger partial charge in [-0.3, -0.25) is 4.79 Å². The van der Waals surface area contributed by atoms with Crippen LogP contribution in [0.5, 0.6) is 0 Å². The summed E-state index contributed by atoms with van der Waals surface area (Å²) in [4.78, 5) is 11.7. The van der Waals surface area contributed by atoms with Crippen molar-refractivity contribution >= 4 is 5.78 Å². The SMILES string of the molecule is C#C[C@@H]1CC[C@H]2[C@@H]3C=CC4=CC(=O)C=C[C@]4(C)[C@H]3CC[C@]12C. The van der Waals surface area contributed by atoms with Crippen molar-refractivity contribution in [1.29, 1.82) is 0 Å². The quantitative estimate of drug-likeness (QED) is 0.608. The first-order chi connectivity index (χ1) is 10.5. The molecule has 0 saturated heterocycles. The highest BCUT2D eigenvalue weighted by molar-refractivity contribution is 6.01. The van der Waals surface area contributed by atoms with Crippen molar-refractivity contribution in [2.45, 2.75) is 39.5 Å². The second-order valence-corrected chi connectivity index (χ2v) is 8.11. The van der Waals surface area contributed by atoms with E-state index in [1.807, 2.05) is 6.08 Å². The maximum atomic E-state index is 11.7. The standard InChI is InChI=1S/C21H24O/c1-4-14-6-8-18-17-7-5-15-13-16(22)9-11-21(15,3)19(17)10-12-20(14,18)2/h1,5,7,9,11,13-14,17-19H,6,8,10,12H2,2-3H3/t14-,17+,18+,19+,20-,21+/m1/s1. The fraction of sp³-hybridized carbons (Fsp3) is 0.571. The van der Waals surface area contributed by atoms with Gasteiger partial charge in [-0.2, -0.15) is 0 Å². The van der Waals surface area contributed by atoms with E-state index in [-0.39, 0.29) is 11.2 Å². The Balaban J connectivity index is 1.76. The normalized spacial score (nSPS) is 49.0. The second kappa shape index (κ2) is 4.48. The van der Waals surface area contributed by atoms with Gasteiger partial charge in [-0.25, -0.2) is 0 Å². The Morgan fingerprint density at radius 2 is 2.00 bits per heavy atom. The number of rotatable bonds is 0. The zero-order valence-corrected chi connectivity index (χ0v) is 13.5. The molecule has 4 aliphatic carbocycles. The van der Waals surface area contributed by atoms with Crippen LogP contribution in [0.15, 0.2) is 36.0 Å². The molecular formula is C21H24O. The van der Waals surface area contributed by atoms with Crippen LogP contribution in [-0.4, -0.2) is 5.78 Å². The molecule has 1 heteroatoms. The van der Waals surface area contributed by atoms with Crippen molar-refractivity contribution in [3.8, 4) is 12.3 Å². The fourth-order valence-corrected chi connectivity index (χ4v) is 5.93. The lowest BCUT2D eigenvalue weighted by Gasteiger charge is -2.54. The van der Waals surface area contributed by atoms with E-state index in [4.69, 9.17) is 6.42 Å². The average Bonchev–Trinajstić information content (AvgIpc) is 2.84. The minimum Gasteiger partial charge on any atom is -0.290 e. The summed E-state index contributed by atoms with van der Waals surface area (Å²) in [5, 5.41) is 0. The van der Waals surface area contributed by atoms with Gasteiger partial charge in [-0.1, -0.05) is 32.1 Å². The highest BCUT2D eigenvalue weighted by Gasteiger charge is 2.57. The van der Waals surface area contributed by atoms with E-state index in [1.165, 1.54) is 31.3 Å². The number of carbonyl (C=O) groups is 1. The summed E-state index contributed by atoms with van der Waals surface area (Å²) in [5.41, 5.74) is 1.55. The summed E-state index contributed by atoms with van der Waals surface area (Å²) >= 11 is 0. The minimum absolute atomic E-state index is 0.0306. The van der Waals surface area contributed by atoms with Crippen LogP contribution in [0, 0.1) is 46.8 Å². The maximum absolute atomic E-state index is 11.7. The molecular weight excluding hydrogens is 268 g/mol. The highest BCUT2D eigenvalue weighted by atomic mass is 16.1. The highest BCUT2D eigenvalue weighted by Crippen LogP contribution is 2.64. The number of hydrogen-bond donors (Lipinski definition) is 0. The summed E-state index contributed by atoms with van der Waals surface area (Å²) in [5.74, 6) is 5.57. The van der Waals surface area contributed by atoms with E-state index in [0.717, 1.165) is 0 Å². The van der Waals surface area contributed by atoms with Gasteiger partial charge in [-0.05, 0) is 66.6 Å². The smallest absolute Gasteiger partial charge is 0.178 e. The molecule has 0 unspecified atom stereocenters. The summed E-state index contributed by atoms with van der Waals surface area (Å²) < 4.78 is 0. The Morgan fingerprint density at radius 1 is 1.18 bits per heavy atom. The molecule has 0 heterocycles. The summed E-state index contributed by atoms with van der Waals surface area (Å²) in [6.07, 6.45) is 21.1. The maximum Gasteiger partial charge on any atom is 0.178 e. The molecule has 0 radical (unpaired) electrons. The van der Waals surface area contributed by atoms with Crippen LogP contribution < -0.4 is 0 Å². The Morgan fingerprint density at radius 3 is 2.77 bits per heavy atom. The molecule has 0 bridgehead atoms. The van der Waals surface area contributed by atoms with E-state index < -0.39 is 0 Å². The van der Waals surface area contributed by atoms with E-state index in [2.05, 4.69) is 38.0 Å². The number of ketones is 1. The Labute approximate surface area is 133 Å². The third-order valence-electron chi connectivity index (χ3n) is 7.32. The predicted molar refractivity (Wildman–Crippen MR) is 88.8 cm³/mol. The van der Waals surface area contributed by atoms with Crippen LogP contribution in [0.4, 0.5) is 0 Å². The van der Waals surface area contributed by atoms with Crippen molar-refractivity contribution in [3.05, 3.63) is 36.0 Å². The van der Waals surface area contributed by atoms with Gasteiger partial charge in [0.05, 0.1) is 0 Å². The number of fused-ring (bicyclic) bond motifs is 5. The molecule has 1 nitrogen and oxygen atoms in total. The topological polar surface area (TPSA) is 17.1 Å². The molecule has 0 aromatic rings. The summed E-state index contributed by atoms with van der Waals surface area (Å²) in [7, 11) is 0. The molecule has 0 aromatic carbocycles. The lowest BCUT2D eigenvalue weighted by molar-refractivity contribution is -0.110. The molecule has 0 aliphatic heterocycles. The lowest BCUT2D eigenvalue weighted by Crippen LogP contribution is -2.47. The molecule has 4 aliphatic rings. The molecule has 0 amide bonds. The van der Waals surface area contributed by atoms with Crippen molar-refractivity contribution in [2.24, 2.45) is 34.5 Å². The molecule has 6 atom stereocenters. The summed E-state index contributed by atoms with van der Waals surface area (Å²) in [6, 6.07) is 0. The summed E-state index contributed by atoms with van der Waals surface area (Å²) in [6.45, 7) is 4.74. The van der Waals surface area contributed by atoms with Crippen LogP contribution in [0.25, 0.3) is 0 Å². The van der Waals surface area contributed by atoms with Crippen molar-refractivity contribution in [3.63, 3.8) is 0 Å². The molecule has 4 rings (SSSR count). The van der Waals surface area contributed by atoms with Gasteiger partial charge in [0.2, 0.25) is 0 Å². The first-order valence-corrected chi connectivity index (χ1v) is 8.59. The van der Waals surface area contributed by atoms with Crippen molar-refractivity contribution in [2.75, 3.05) is 0 Å². The first kappa shape index (κ1) is 14.1. The Bertz CT molecular complexity index is 658. The van der Waals surface area contributed by atoms with E-state index >= 15 is 0 Å². The van der Waals surface area contributed by atoms with Crippen LogP contribution in [0.1, 0.15) is 39.5 Å². The average molecular weight is 292 g/mol. The molecule has 2 saturated carbocycles. The number of carbonyl (C=O) groups excluding carboxylic acids is 1. The van der Waals surface area contributed by atoms with Crippen LogP contribution in [-0.2, 0) is 4.79 Å². The van der Waals surface area contributed by atoms with E-state index in [1.54, 1.807) is 6.08 Å². The molecule has 0 aromatic heterocycles. The van der Waals surface area contributed by atoms with E-state index in [9.17, 15) is 4.79 Å². The molecule has 0 spiro atoms. The van der Waals surface area contributed by atoms with Gasteiger partial charge in [0.1, 0.15) is 0 Å². The predicted octanol–water partition coefficient (Wildman–Crippen LogP) is 4.32. The monoisotopic (exact) mass is 292 g/mol. The van der Waals surface area contributed by atoms with Gasteiger partial charge in [0.25, 0.3) is 0 Å². The zero-order chi connectivity index (χ0) is 15.5. The largest absolute Gasteiger partial charge is 0.290 e. The zero-order valence-electron chi connectivity index (χ0n) is 13.5. The van der Waals surface area contributed by atoms with Gasteiger partial charge in [0, 0.05) is 11.3 Å². The lowest BCUT2D eigenvalue weighted by atomic mass is 9.49. The Hall–Kier alpha value is -1.55. The number of hydrogen-bond acceptors (Lipinski definition) is 1. The van der Waals surface area contributed by atoms with Crippen LogP contribution in [0.2, 0.25) is 0 Å². The molecule has 0 N–H and O–H groups in total. The van der Waals surface area contributed by atoms with Crippen LogP contribution in [0.3, 0.4) is 0 Å². The van der Waals surface area contributed by atoms with E-state index in [0.29, 0.717) is 29.1 Å². The van der Waals surface area contributed by atoms with Crippen LogP contribution >= 0.6 is 0 Å². The number of terminal acetylenes is 1. The molecule has 2 fully saturated rings. The molecule has 22 heavy (non-hydrogen) atoms. The van der Waals surface area contributed by atoms with Gasteiger partial charge in [-0.15, -0.1) is 12.3 Å². The van der Waals surface area contributed by atoms with Gasteiger partial charge < -0.3 is 0 Å². The third-order valence-corrected chi connectivity index (χ3v) is 7.32. The number of allylic oxidation sites excluding steroid dienone is 6. The Kier molecular flexibility index (Phi) is 2.86. The fourth-order valence-electron chi connectivity index (χ4n) is 5.93. The van der Waals surface area contributed by atoms with Crippen molar-refractivity contribution < 1.29 is 4.79 Å².